The number of anilines is 1. The van der Waals surface area contributed by atoms with E-state index in [-0.39, 0.29) is 36.8 Å². The van der Waals surface area contributed by atoms with Crippen LogP contribution in [-0.2, 0) is 20.4 Å². The Morgan fingerprint density at radius 3 is 2.70 bits per heavy atom. The summed E-state index contributed by atoms with van der Waals surface area (Å²) in [6.45, 7) is 5.82. The average Bonchev–Trinajstić information content (AvgIpc) is 3.55. The minimum absolute atomic E-state index is 0.00655. The van der Waals surface area contributed by atoms with Crippen LogP contribution in [0.2, 0.25) is 0 Å². The molecule has 7 atom stereocenters. The number of pyridine rings is 1. The van der Waals surface area contributed by atoms with Crippen LogP contribution in [0.25, 0.3) is 0 Å². The van der Waals surface area contributed by atoms with Gasteiger partial charge in [-0.05, 0) is 62.0 Å². The number of likely N-dealkylation sites (tertiary alicyclic amines) is 1. The third-order valence-electron chi connectivity index (χ3n) is 9.49. The highest BCUT2D eigenvalue weighted by molar-refractivity contribution is 5.85. The molecule has 0 spiro atoms. The number of ether oxygens (including phenoxy) is 2. The predicted octanol–water partition coefficient (Wildman–Crippen LogP) is 4.72. The van der Waals surface area contributed by atoms with E-state index in [0.717, 1.165) is 57.0 Å². The van der Waals surface area contributed by atoms with Crippen molar-refractivity contribution in [3.63, 3.8) is 0 Å². The molecule has 0 aromatic carbocycles. The second kappa shape index (κ2) is 9.98. The fourth-order valence-corrected chi connectivity index (χ4v) is 7.27. The maximum absolute atomic E-state index is 15.4. The Hall–Kier alpha value is -1.94. The summed E-state index contributed by atoms with van der Waals surface area (Å²) in [5, 5.41) is 0. The van der Waals surface area contributed by atoms with Crippen LogP contribution in [0.5, 0.6) is 0 Å². The molecule has 1 saturated carbocycles. The summed E-state index contributed by atoms with van der Waals surface area (Å²) in [6.07, 6.45) is -0.156. The molecule has 1 unspecified atom stereocenters. The van der Waals surface area contributed by atoms with Crippen molar-refractivity contribution in [2.24, 2.45) is 23.2 Å². The summed E-state index contributed by atoms with van der Waals surface area (Å²) in [7, 11) is 1.72. The van der Waals surface area contributed by atoms with Gasteiger partial charge in [-0.3, -0.25) is 4.79 Å². The molecule has 1 aromatic rings. The second-order valence-electron chi connectivity index (χ2n) is 11.6. The molecule has 1 amide bonds. The highest BCUT2D eigenvalue weighted by Gasteiger charge is 2.59. The van der Waals surface area contributed by atoms with E-state index in [2.05, 4.69) is 18.8 Å². The van der Waals surface area contributed by atoms with Crippen LogP contribution >= 0.6 is 0 Å². The first-order valence-electron chi connectivity index (χ1n) is 13.4. The van der Waals surface area contributed by atoms with Crippen LogP contribution < -0.4 is 4.90 Å². The minimum Gasteiger partial charge on any atom is -0.379 e. The molecule has 37 heavy (non-hydrogen) atoms. The highest BCUT2D eigenvalue weighted by atomic mass is 19.4. The van der Waals surface area contributed by atoms with Gasteiger partial charge in [-0.15, -0.1) is 0 Å². The van der Waals surface area contributed by atoms with Gasteiger partial charge in [0.25, 0.3) is 0 Å². The number of hydrogen-bond donors (Lipinski definition) is 0. The minimum atomic E-state index is -4.50. The summed E-state index contributed by atoms with van der Waals surface area (Å²) < 4.78 is 66.3. The first kappa shape index (κ1) is 26.7. The summed E-state index contributed by atoms with van der Waals surface area (Å²) in [5.74, 6) is 1.04. The van der Waals surface area contributed by atoms with Crippen molar-refractivity contribution in [3.05, 3.63) is 23.9 Å². The summed E-state index contributed by atoms with van der Waals surface area (Å²) in [6, 6.07) is 0.534. The van der Waals surface area contributed by atoms with Gasteiger partial charge in [0.15, 0.2) is 0 Å². The molecule has 3 saturated heterocycles. The fourth-order valence-electron chi connectivity index (χ4n) is 7.27. The number of rotatable bonds is 6. The van der Waals surface area contributed by atoms with E-state index in [1.807, 2.05) is 0 Å². The lowest BCUT2D eigenvalue weighted by molar-refractivity contribution is -0.146. The predicted molar refractivity (Wildman–Crippen MR) is 130 cm³/mol. The lowest BCUT2D eigenvalue weighted by atomic mass is 9.73. The molecule has 4 fully saturated rings. The zero-order chi connectivity index (χ0) is 26.5. The lowest BCUT2D eigenvalue weighted by Gasteiger charge is -2.41. The molecule has 4 aliphatic rings. The van der Waals surface area contributed by atoms with Gasteiger partial charge < -0.3 is 19.3 Å². The maximum atomic E-state index is 15.4. The van der Waals surface area contributed by atoms with Gasteiger partial charge in [-0.25, -0.2) is 9.37 Å². The number of nitrogens with zero attached hydrogens (tertiary/aromatic N) is 3. The van der Waals surface area contributed by atoms with Crippen molar-refractivity contribution in [2.45, 2.75) is 76.5 Å². The standard InChI is InChI=1S/C27H37F4N3O3/c1-16(2)26(7-4-17(12-26)10-18-6-9-37-15-22(18)36-3)25(35)34-14-20-24(28)21(34)13-33(20)23-11-19(5-8-32-23)27(29,30)31/h5,8,11,16-18,20-22,24H,4,6-7,9-10,12-15H2,1-3H3/t17-,18+,20-,21-,22+,24?,26-/m0/s1. The van der Waals surface area contributed by atoms with Crippen LogP contribution in [0.4, 0.5) is 23.4 Å². The first-order chi connectivity index (χ1) is 17.5. The van der Waals surface area contributed by atoms with Gasteiger partial charge >= 0.3 is 6.18 Å². The van der Waals surface area contributed by atoms with E-state index in [4.69, 9.17) is 9.47 Å². The number of carbonyl (C=O) groups is 1. The molecule has 6 nitrogen and oxygen atoms in total. The number of hydrogen-bond acceptors (Lipinski definition) is 5. The summed E-state index contributed by atoms with van der Waals surface area (Å²) in [4.78, 5) is 21.4. The lowest BCUT2D eigenvalue weighted by Crippen LogP contribution is -2.54. The van der Waals surface area contributed by atoms with Crippen LogP contribution in [-0.4, -0.2) is 73.6 Å². The Morgan fingerprint density at radius 1 is 1.27 bits per heavy atom. The van der Waals surface area contributed by atoms with Gasteiger partial charge in [0.1, 0.15) is 12.0 Å². The van der Waals surface area contributed by atoms with Crippen molar-refractivity contribution < 1.29 is 31.8 Å². The van der Waals surface area contributed by atoms with E-state index in [9.17, 15) is 18.0 Å². The molecule has 1 aromatic heterocycles. The van der Waals surface area contributed by atoms with E-state index in [1.165, 1.54) is 0 Å². The maximum Gasteiger partial charge on any atom is 0.416 e. The Kier molecular flexibility index (Phi) is 7.19. The van der Waals surface area contributed by atoms with Gasteiger partial charge in [0.2, 0.25) is 5.91 Å². The van der Waals surface area contributed by atoms with Gasteiger partial charge in [-0.2, -0.15) is 13.2 Å². The largest absolute Gasteiger partial charge is 0.416 e. The molecule has 10 heteroatoms. The number of piperazine rings is 1. The molecular weight excluding hydrogens is 490 g/mol. The number of halogens is 4. The first-order valence-corrected chi connectivity index (χ1v) is 13.4. The molecule has 0 radical (unpaired) electrons. The molecule has 206 valence electrons. The van der Waals surface area contributed by atoms with Crippen LogP contribution in [0.1, 0.15) is 51.5 Å². The number of fused-ring (bicyclic) bond motifs is 2. The molecule has 3 aliphatic heterocycles. The van der Waals surface area contributed by atoms with Crippen molar-refractivity contribution >= 4 is 11.7 Å². The van der Waals surface area contributed by atoms with Crippen molar-refractivity contribution in [2.75, 3.05) is 38.3 Å². The quantitative estimate of drug-likeness (QED) is 0.501. The van der Waals surface area contributed by atoms with E-state index >= 15 is 4.39 Å². The zero-order valence-electron chi connectivity index (χ0n) is 21.7. The van der Waals surface area contributed by atoms with Crippen molar-refractivity contribution in [1.29, 1.82) is 0 Å². The number of methoxy groups -OCH3 is 1. The Bertz CT molecular complexity index is 992. The third kappa shape index (κ3) is 4.73. The van der Waals surface area contributed by atoms with Crippen LogP contribution in [0.15, 0.2) is 18.3 Å². The van der Waals surface area contributed by atoms with Gasteiger partial charge in [-0.1, -0.05) is 13.8 Å². The third-order valence-corrected chi connectivity index (χ3v) is 9.49. The van der Waals surface area contributed by atoms with E-state index < -0.39 is 35.4 Å². The van der Waals surface area contributed by atoms with Gasteiger partial charge in [0.05, 0.1) is 35.8 Å². The monoisotopic (exact) mass is 527 g/mol. The molecule has 5 rings (SSSR count). The Morgan fingerprint density at radius 2 is 2.05 bits per heavy atom. The highest BCUT2D eigenvalue weighted by Crippen LogP contribution is 2.52. The van der Waals surface area contributed by atoms with Crippen molar-refractivity contribution in [1.82, 2.24) is 9.88 Å². The normalized spacial score (nSPS) is 36.1. The SMILES string of the molecule is CO[C@@H]1COCC[C@@H]1C[C@@H]1CC[C@@](C(=O)N2C[C@H]3C(F)[C@@H]2CN3c2cc(C(F)(F)F)ccn2)(C(C)C)C1. The summed E-state index contributed by atoms with van der Waals surface area (Å²) >= 11 is 0. The Balaban J connectivity index is 1.29. The van der Waals surface area contributed by atoms with E-state index in [0.29, 0.717) is 18.4 Å². The smallest absolute Gasteiger partial charge is 0.379 e. The molecule has 1 aliphatic carbocycles. The number of carbonyl (C=O) groups excluding carboxylic acids is 1. The van der Waals surface area contributed by atoms with Crippen LogP contribution in [0.3, 0.4) is 0 Å². The summed E-state index contributed by atoms with van der Waals surface area (Å²) in [5.41, 5.74) is -1.35. The molecule has 2 bridgehead atoms. The molecule has 0 N–H and O–H groups in total. The second-order valence-corrected chi connectivity index (χ2v) is 11.6. The average molecular weight is 528 g/mol. The molecular formula is C27H37F4N3O3. The van der Waals surface area contributed by atoms with E-state index in [1.54, 1.807) is 16.9 Å². The topological polar surface area (TPSA) is 54.9 Å². The number of amides is 1. The van der Waals surface area contributed by atoms with Crippen molar-refractivity contribution in [3.8, 4) is 0 Å². The fraction of sp³-hybridized carbons (Fsp3) is 0.778. The van der Waals surface area contributed by atoms with Gasteiger partial charge in [0, 0.05) is 33.0 Å². The van der Waals surface area contributed by atoms with Crippen LogP contribution in [0, 0.1) is 23.2 Å². The number of aromatic nitrogens is 1. The molecule has 4 heterocycles. The number of alkyl halides is 4. The Labute approximate surface area is 215 Å². The zero-order valence-corrected chi connectivity index (χ0v) is 21.7.